The summed E-state index contributed by atoms with van der Waals surface area (Å²) in [6.45, 7) is 4.25. The number of nitrogens with one attached hydrogen (secondary N) is 1. The number of piperidine rings is 1. The molecular formula is C17H21N3O3S. The molecular weight excluding hydrogens is 326 g/mol. The molecule has 6 nitrogen and oxygen atoms in total. The minimum Gasteiger partial charge on any atom is -0.468 e. The number of hydrogen-bond acceptors (Lipinski definition) is 6. The summed E-state index contributed by atoms with van der Waals surface area (Å²) in [7, 11) is 0. The molecule has 2 saturated heterocycles. The number of hydrogen-bond donors (Lipinski definition) is 1. The average Bonchev–Trinajstić information content (AvgIpc) is 3.34. The lowest BCUT2D eigenvalue weighted by Gasteiger charge is -2.35. The van der Waals surface area contributed by atoms with Crippen LogP contribution >= 0.6 is 11.3 Å². The summed E-state index contributed by atoms with van der Waals surface area (Å²) < 4.78 is 11.4. The van der Waals surface area contributed by atoms with Gasteiger partial charge in [-0.2, -0.15) is 0 Å². The Bertz CT molecular complexity index is 659. The van der Waals surface area contributed by atoms with Crippen molar-refractivity contribution in [3.63, 3.8) is 0 Å². The van der Waals surface area contributed by atoms with Gasteiger partial charge >= 0.3 is 0 Å². The van der Waals surface area contributed by atoms with Crippen LogP contribution in [-0.2, 0) is 11.3 Å². The first kappa shape index (κ1) is 15.8. The van der Waals surface area contributed by atoms with E-state index in [2.05, 4.69) is 15.2 Å². The molecule has 7 heteroatoms. The van der Waals surface area contributed by atoms with E-state index in [4.69, 9.17) is 9.15 Å². The molecule has 2 aromatic rings. The van der Waals surface area contributed by atoms with Gasteiger partial charge in [-0.15, -0.1) is 11.3 Å². The van der Waals surface area contributed by atoms with Crippen LogP contribution in [0.5, 0.6) is 0 Å². The molecule has 24 heavy (non-hydrogen) atoms. The van der Waals surface area contributed by atoms with Crippen LogP contribution in [0.1, 0.15) is 22.7 Å². The van der Waals surface area contributed by atoms with Gasteiger partial charge in [0.2, 0.25) is 0 Å². The molecule has 0 bridgehead atoms. The molecule has 128 valence electrons. The fourth-order valence-electron chi connectivity index (χ4n) is 3.69. The molecule has 1 amide bonds. The van der Waals surface area contributed by atoms with Crippen molar-refractivity contribution in [2.24, 2.45) is 11.8 Å². The van der Waals surface area contributed by atoms with E-state index < -0.39 is 0 Å². The third-order valence-electron chi connectivity index (χ3n) is 4.98. The van der Waals surface area contributed by atoms with Gasteiger partial charge in [0, 0.05) is 24.4 Å². The van der Waals surface area contributed by atoms with E-state index in [-0.39, 0.29) is 12.0 Å². The lowest BCUT2D eigenvalue weighted by atomic mass is 9.84. The number of nitrogens with zero attached hydrogens (tertiary/aromatic N) is 2. The van der Waals surface area contributed by atoms with Gasteiger partial charge in [0.05, 0.1) is 31.0 Å². The fraction of sp³-hybridized carbons (Fsp3) is 0.529. The molecule has 2 fully saturated rings. The van der Waals surface area contributed by atoms with E-state index in [1.165, 1.54) is 11.3 Å². The summed E-state index contributed by atoms with van der Waals surface area (Å²) >= 11 is 1.43. The van der Waals surface area contributed by atoms with Crippen LogP contribution in [0.4, 0.5) is 0 Å². The number of amides is 1. The monoisotopic (exact) mass is 347 g/mol. The number of furan rings is 1. The first-order chi connectivity index (χ1) is 11.8. The Morgan fingerprint density at radius 1 is 1.50 bits per heavy atom. The van der Waals surface area contributed by atoms with Crippen LogP contribution < -0.4 is 5.32 Å². The first-order valence-electron chi connectivity index (χ1n) is 8.32. The van der Waals surface area contributed by atoms with Gasteiger partial charge in [-0.25, -0.2) is 4.98 Å². The number of rotatable bonds is 5. The molecule has 0 radical (unpaired) electrons. The molecule has 0 aromatic carbocycles. The van der Waals surface area contributed by atoms with Crippen molar-refractivity contribution >= 4 is 17.2 Å². The highest BCUT2D eigenvalue weighted by Crippen LogP contribution is 2.34. The molecule has 1 N–H and O–H groups in total. The summed E-state index contributed by atoms with van der Waals surface area (Å²) in [5.41, 5.74) is 2.16. The number of aromatic nitrogens is 1. The highest BCUT2D eigenvalue weighted by Gasteiger charge is 2.41. The lowest BCUT2D eigenvalue weighted by Crippen LogP contribution is -2.45. The Labute approximate surface area is 144 Å². The van der Waals surface area contributed by atoms with Gasteiger partial charge in [0.15, 0.2) is 0 Å². The molecule has 0 aliphatic carbocycles. The van der Waals surface area contributed by atoms with Crippen LogP contribution in [0.3, 0.4) is 0 Å². The molecule has 0 spiro atoms. The van der Waals surface area contributed by atoms with E-state index >= 15 is 0 Å². The summed E-state index contributed by atoms with van der Waals surface area (Å²) in [5.74, 6) is 1.94. The Kier molecular flexibility index (Phi) is 4.64. The largest absolute Gasteiger partial charge is 0.468 e. The molecule has 4 heterocycles. The Balaban J connectivity index is 1.32. The first-order valence-corrected chi connectivity index (χ1v) is 9.26. The Morgan fingerprint density at radius 3 is 3.25 bits per heavy atom. The van der Waals surface area contributed by atoms with Gasteiger partial charge in [-0.05, 0) is 31.0 Å². The van der Waals surface area contributed by atoms with Crippen molar-refractivity contribution in [3.8, 4) is 0 Å². The topological polar surface area (TPSA) is 67.6 Å². The van der Waals surface area contributed by atoms with Crippen LogP contribution in [-0.4, -0.2) is 48.1 Å². The van der Waals surface area contributed by atoms with Crippen molar-refractivity contribution in [1.82, 2.24) is 15.2 Å². The van der Waals surface area contributed by atoms with Gasteiger partial charge in [0.25, 0.3) is 5.91 Å². The second-order valence-corrected chi connectivity index (χ2v) is 7.20. The highest BCUT2D eigenvalue weighted by atomic mass is 32.1. The maximum atomic E-state index is 12.1. The molecule has 4 rings (SSSR count). The zero-order valence-electron chi connectivity index (χ0n) is 13.4. The summed E-state index contributed by atoms with van der Waals surface area (Å²) in [5, 5.41) is 4.73. The summed E-state index contributed by atoms with van der Waals surface area (Å²) in [4.78, 5) is 18.5. The molecule has 2 aliphatic rings. The third-order valence-corrected chi connectivity index (χ3v) is 5.57. The predicted molar refractivity (Wildman–Crippen MR) is 89.8 cm³/mol. The number of thiazole rings is 1. The molecule has 2 aromatic heterocycles. The smallest absolute Gasteiger partial charge is 0.270 e. The van der Waals surface area contributed by atoms with Crippen molar-refractivity contribution < 1.29 is 13.9 Å². The van der Waals surface area contributed by atoms with E-state index in [0.717, 1.165) is 38.4 Å². The predicted octanol–water partition coefficient (Wildman–Crippen LogP) is 2.00. The van der Waals surface area contributed by atoms with E-state index in [1.807, 2.05) is 12.1 Å². The molecule has 0 saturated carbocycles. The van der Waals surface area contributed by atoms with Crippen molar-refractivity contribution in [2.45, 2.75) is 19.1 Å². The van der Waals surface area contributed by atoms with E-state index in [1.54, 1.807) is 17.2 Å². The van der Waals surface area contributed by atoms with E-state index in [0.29, 0.717) is 24.1 Å². The van der Waals surface area contributed by atoms with Crippen LogP contribution in [0.25, 0.3) is 0 Å². The third kappa shape index (κ3) is 3.38. The Hall–Kier alpha value is -1.70. The molecule has 2 aliphatic heterocycles. The second-order valence-electron chi connectivity index (χ2n) is 6.48. The number of carbonyl (C=O) groups excluding carboxylic acids is 1. The van der Waals surface area contributed by atoms with Gasteiger partial charge in [-0.1, -0.05) is 0 Å². The standard InChI is InChI=1S/C17H21N3O3S/c21-17(15-10-24-11-19-15)18-6-16-14-8-20(4-3-12(14)9-23-16)7-13-2-1-5-22-13/h1-2,5,10-12,14,16H,3-4,6-9H2,(H,18,21)/t12-,14-,16+/m0/s1. The average molecular weight is 347 g/mol. The highest BCUT2D eigenvalue weighted by molar-refractivity contribution is 7.07. The second kappa shape index (κ2) is 7.04. The van der Waals surface area contributed by atoms with Gasteiger partial charge in [-0.3, -0.25) is 9.69 Å². The summed E-state index contributed by atoms with van der Waals surface area (Å²) in [6.07, 6.45) is 2.94. The number of fused-ring (bicyclic) bond motifs is 1. The van der Waals surface area contributed by atoms with E-state index in [9.17, 15) is 4.79 Å². The van der Waals surface area contributed by atoms with Crippen LogP contribution in [0.15, 0.2) is 33.7 Å². The zero-order chi connectivity index (χ0) is 16.4. The van der Waals surface area contributed by atoms with Crippen LogP contribution in [0, 0.1) is 11.8 Å². The van der Waals surface area contributed by atoms with Gasteiger partial charge < -0.3 is 14.5 Å². The maximum absolute atomic E-state index is 12.1. The SMILES string of the molecule is O=C(NC[C@H]1OC[C@@H]2CCN(Cc3ccco3)C[C@@H]21)c1cscn1. The molecule has 0 unspecified atom stereocenters. The van der Waals surface area contributed by atoms with Gasteiger partial charge in [0.1, 0.15) is 11.5 Å². The number of carbonyl (C=O) groups is 1. The summed E-state index contributed by atoms with van der Waals surface area (Å²) in [6, 6.07) is 3.94. The fourth-order valence-corrected chi connectivity index (χ4v) is 4.22. The lowest BCUT2D eigenvalue weighted by molar-refractivity contribution is 0.0664. The van der Waals surface area contributed by atoms with Crippen molar-refractivity contribution in [3.05, 3.63) is 40.7 Å². The minimum absolute atomic E-state index is 0.0805. The maximum Gasteiger partial charge on any atom is 0.270 e. The van der Waals surface area contributed by atoms with Crippen molar-refractivity contribution in [2.75, 3.05) is 26.2 Å². The number of likely N-dealkylation sites (tertiary alicyclic amines) is 1. The van der Waals surface area contributed by atoms with Crippen LogP contribution in [0.2, 0.25) is 0 Å². The van der Waals surface area contributed by atoms with Crippen molar-refractivity contribution in [1.29, 1.82) is 0 Å². The zero-order valence-corrected chi connectivity index (χ0v) is 14.2. The normalized spacial score (nSPS) is 27.1. The quantitative estimate of drug-likeness (QED) is 0.896. The minimum atomic E-state index is -0.119. The molecule has 3 atom stereocenters. The number of ether oxygens (including phenoxy) is 1. The Morgan fingerprint density at radius 2 is 2.46 bits per heavy atom.